The van der Waals surface area contributed by atoms with Crippen LogP contribution in [0.2, 0.25) is 0 Å². The fourth-order valence-electron chi connectivity index (χ4n) is 0.745. The van der Waals surface area contributed by atoms with Crippen LogP contribution >= 0.6 is 0 Å². The van der Waals surface area contributed by atoms with E-state index in [2.05, 4.69) is 19.6 Å². The largest absolute Gasteiger partial charge is 0.300 e. The van der Waals surface area contributed by atoms with Gasteiger partial charge in [-0.1, -0.05) is 13.8 Å². The van der Waals surface area contributed by atoms with E-state index in [1.54, 1.807) is 6.92 Å². The van der Waals surface area contributed by atoms with E-state index >= 15 is 0 Å². The van der Waals surface area contributed by atoms with Crippen molar-refractivity contribution in [1.29, 1.82) is 0 Å². The second-order valence-electron chi connectivity index (χ2n) is 3.54. The summed E-state index contributed by atoms with van der Waals surface area (Å²) in [5.74, 6) is 0.790. The lowest BCUT2D eigenvalue weighted by atomic mass is 10.1. The van der Waals surface area contributed by atoms with Crippen LogP contribution in [0, 0.1) is 5.92 Å². The van der Waals surface area contributed by atoms with E-state index in [1.165, 1.54) is 5.57 Å². The van der Waals surface area contributed by atoms with Gasteiger partial charge in [0.25, 0.3) is 0 Å². The fourth-order valence-corrected chi connectivity index (χ4v) is 0.745. The van der Waals surface area contributed by atoms with E-state index in [-0.39, 0.29) is 5.78 Å². The maximum absolute atomic E-state index is 10.6. The van der Waals surface area contributed by atoms with Crippen LogP contribution in [0.1, 0.15) is 40.5 Å². The molecule has 0 saturated carbocycles. The summed E-state index contributed by atoms with van der Waals surface area (Å²) in [6, 6.07) is 0. The number of carbonyl (C=O) groups is 1. The molecule has 0 N–H and O–H groups in total. The van der Waals surface area contributed by atoms with Crippen molar-refractivity contribution in [3.05, 3.63) is 17.4 Å². The van der Waals surface area contributed by atoms with Gasteiger partial charge in [0, 0.05) is 6.42 Å². The highest BCUT2D eigenvalue weighted by Crippen LogP contribution is 2.03. The molecule has 0 aromatic carbocycles. The van der Waals surface area contributed by atoms with Crippen molar-refractivity contribution in [2.45, 2.75) is 40.5 Å². The quantitative estimate of drug-likeness (QED) is 0.586. The van der Waals surface area contributed by atoms with Crippen molar-refractivity contribution >= 4 is 5.78 Å². The Hall–Kier alpha value is -0.810. The lowest BCUT2D eigenvalue weighted by molar-refractivity contribution is -0.116. The first-order valence-corrected chi connectivity index (χ1v) is 4.44. The topological polar surface area (TPSA) is 17.1 Å². The minimum absolute atomic E-state index is 0.251. The van der Waals surface area contributed by atoms with Crippen molar-refractivity contribution < 1.29 is 4.79 Å². The van der Waals surface area contributed by atoms with Gasteiger partial charge in [-0.2, -0.15) is 0 Å². The van der Waals surface area contributed by atoms with Crippen LogP contribution in [0.15, 0.2) is 17.4 Å². The summed E-state index contributed by atoms with van der Waals surface area (Å²) in [6.07, 6.45) is 3.53. The lowest BCUT2D eigenvalue weighted by Crippen LogP contribution is -1.89. The van der Waals surface area contributed by atoms with Crippen LogP contribution in [-0.4, -0.2) is 5.78 Å². The van der Waals surface area contributed by atoms with Gasteiger partial charge < -0.3 is 4.79 Å². The van der Waals surface area contributed by atoms with Crippen LogP contribution in [0.5, 0.6) is 0 Å². The Bertz CT molecular complexity index is 205. The number of ketones is 1. The maximum Gasteiger partial charge on any atom is 0.130 e. The van der Waals surface area contributed by atoms with Gasteiger partial charge in [-0.25, -0.2) is 0 Å². The molecule has 0 atom stereocenters. The molecule has 0 heterocycles. The predicted molar refractivity (Wildman–Crippen MR) is 52.0 cm³/mol. The Morgan fingerprint density at radius 1 is 1.33 bits per heavy atom. The van der Waals surface area contributed by atoms with Gasteiger partial charge in [0.1, 0.15) is 5.78 Å². The summed E-state index contributed by atoms with van der Waals surface area (Å²) in [7, 11) is 0. The number of hydrogen-bond acceptors (Lipinski definition) is 1. The monoisotopic (exact) mass is 166 g/mol. The Morgan fingerprint density at radius 3 is 2.33 bits per heavy atom. The third-order valence-corrected chi connectivity index (χ3v) is 1.52. The highest BCUT2D eigenvalue weighted by atomic mass is 16.1. The minimum Gasteiger partial charge on any atom is -0.300 e. The van der Waals surface area contributed by atoms with E-state index < -0.39 is 0 Å². The molecule has 0 radical (unpaired) electrons. The highest BCUT2D eigenvalue weighted by Gasteiger charge is 1.93. The molecule has 1 heteroatoms. The minimum atomic E-state index is 0.251. The molecule has 0 aliphatic heterocycles. The van der Waals surface area contributed by atoms with Gasteiger partial charge >= 0.3 is 0 Å². The van der Waals surface area contributed by atoms with Crippen LogP contribution in [-0.2, 0) is 4.79 Å². The molecular weight excluding hydrogens is 148 g/mol. The van der Waals surface area contributed by atoms with E-state index in [4.69, 9.17) is 0 Å². The van der Waals surface area contributed by atoms with Crippen molar-refractivity contribution in [2.75, 3.05) is 0 Å². The second kappa shape index (κ2) is 5.79. The van der Waals surface area contributed by atoms with E-state index in [1.807, 2.05) is 13.0 Å². The number of hydrogen-bond donors (Lipinski definition) is 0. The molecule has 68 valence electrons. The van der Waals surface area contributed by atoms with Crippen molar-refractivity contribution in [3.63, 3.8) is 0 Å². The third kappa shape index (κ3) is 7.30. The maximum atomic E-state index is 10.6. The van der Waals surface area contributed by atoms with E-state index in [0.717, 1.165) is 6.42 Å². The highest BCUT2D eigenvalue weighted by molar-refractivity contribution is 5.75. The molecule has 0 fully saturated rings. The molecule has 0 aliphatic carbocycles. The zero-order valence-corrected chi connectivity index (χ0v) is 8.48. The number of rotatable bonds is 4. The Labute approximate surface area is 75.2 Å². The Balaban J connectivity index is 3.94. The molecule has 0 unspecified atom stereocenters. The number of Topliss-reactive ketones (excluding diaryl/α,β-unsaturated/α-hetero) is 1. The normalized spacial score (nSPS) is 9.42. The summed E-state index contributed by atoms with van der Waals surface area (Å²) in [6.45, 7) is 7.87. The molecule has 0 aliphatic rings. The molecule has 0 aromatic rings. The fraction of sp³-hybridized carbons (Fsp3) is 0.636. The summed E-state index contributed by atoms with van der Waals surface area (Å²) < 4.78 is 0. The SMILES string of the molecule is CC(=O)CCC(C)=C=CC(C)C. The van der Waals surface area contributed by atoms with Crippen molar-refractivity contribution in [3.8, 4) is 0 Å². The van der Waals surface area contributed by atoms with E-state index in [0.29, 0.717) is 12.3 Å². The molecule has 0 bridgehead atoms. The predicted octanol–water partition coefficient (Wildman–Crippen LogP) is 3.11. The Kier molecular flexibility index (Phi) is 5.40. The van der Waals surface area contributed by atoms with Gasteiger partial charge in [0.15, 0.2) is 0 Å². The molecule has 12 heavy (non-hydrogen) atoms. The molecule has 0 aromatic heterocycles. The first-order chi connectivity index (χ1) is 5.52. The molecule has 0 amide bonds. The molecule has 1 nitrogen and oxygen atoms in total. The molecule has 0 rings (SSSR count). The summed E-state index contributed by atoms with van der Waals surface area (Å²) >= 11 is 0. The average molecular weight is 166 g/mol. The van der Waals surface area contributed by atoms with Crippen LogP contribution in [0.3, 0.4) is 0 Å². The van der Waals surface area contributed by atoms with Gasteiger partial charge in [-0.05, 0) is 37.8 Å². The summed E-state index contributed by atoms with van der Waals surface area (Å²) in [5, 5.41) is 0. The van der Waals surface area contributed by atoms with Gasteiger partial charge in [-0.15, -0.1) is 5.73 Å². The summed E-state index contributed by atoms with van der Waals surface area (Å²) in [5.41, 5.74) is 4.34. The summed E-state index contributed by atoms with van der Waals surface area (Å²) in [4.78, 5) is 10.6. The molecule has 0 spiro atoms. The number of allylic oxidation sites excluding steroid dienone is 1. The zero-order valence-electron chi connectivity index (χ0n) is 8.48. The van der Waals surface area contributed by atoms with E-state index in [9.17, 15) is 4.79 Å². The van der Waals surface area contributed by atoms with Crippen molar-refractivity contribution in [2.24, 2.45) is 5.92 Å². The smallest absolute Gasteiger partial charge is 0.130 e. The van der Waals surface area contributed by atoms with Gasteiger partial charge in [-0.3, -0.25) is 0 Å². The van der Waals surface area contributed by atoms with Crippen molar-refractivity contribution in [1.82, 2.24) is 0 Å². The van der Waals surface area contributed by atoms with Gasteiger partial charge in [0.2, 0.25) is 0 Å². The lowest BCUT2D eigenvalue weighted by Gasteiger charge is -1.94. The second-order valence-corrected chi connectivity index (χ2v) is 3.54. The third-order valence-electron chi connectivity index (χ3n) is 1.52. The first kappa shape index (κ1) is 11.2. The first-order valence-electron chi connectivity index (χ1n) is 4.44. The Morgan fingerprint density at radius 2 is 1.92 bits per heavy atom. The van der Waals surface area contributed by atoms with Crippen LogP contribution in [0.4, 0.5) is 0 Å². The van der Waals surface area contributed by atoms with Crippen LogP contribution < -0.4 is 0 Å². The average Bonchev–Trinajstić information content (AvgIpc) is 1.96. The zero-order chi connectivity index (χ0) is 9.56. The van der Waals surface area contributed by atoms with Crippen LogP contribution in [0.25, 0.3) is 0 Å². The standard InChI is InChI=1S/C11H18O/c1-9(2)5-6-10(3)7-8-11(4)12/h5,9H,7-8H2,1-4H3. The molecule has 0 saturated heterocycles. The molecular formula is C11H18O. The van der Waals surface area contributed by atoms with Gasteiger partial charge in [0.05, 0.1) is 0 Å². The number of carbonyl (C=O) groups excluding carboxylic acids is 1.